The summed E-state index contributed by atoms with van der Waals surface area (Å²) in [7, 11) is 0. The summed E-state index contributed by atoms with van der Waals surface area (Å²) in [6, 6.07) is 6.11. The molecule has 0 saturated heterocycles. The molecule has 1 saturated carbocycles. The lowest BCUT2D eigenvalue weighted by Gasteiger charge is -2.38. The molecule has 0 aliphatic heterocycles. The Morgan fingerprint density at radius 3 is 2.72 bits per heavy atom. The first-order valence-electron chi connectivity index (χ1n) is 6.39. The fraction of sp³-hybridized carbons (Fsp3) is 0.500. The molecular formula is C14H19FN2O. The van der Waals surface area contributed by atoms with Crippen molar-refractivity contribution in [1.82, 2.24) is 0 Å². The van der Waals surface area contributed by atoms with Gasteiger partial charge in [0.15, 0.2) is 0 Å². The summed E-state index contributed by atoms with van der Waals surface area (Å²) in [6.45, 7) is 2.41. The Morgan fingerprint density at radius 1 is 1.50 bits per heavy atom. The fourth-order valence-electron chi connectivity index (χ4n) is 2.35. The van der Waals surface area contributed by atoms with Gasteiger partial charge in [-0.3, -0.25) is 4.79 Å². The van der Waals surface area contributed by atoms with E-state index in [2.05, 4.69) is 0 Å². The number of amides is 1. The van der Waals surface area contributed by atoms with Crippen molar-refractivity contribution < 1.29 is 9.18 Å². The molecule has 0 radical (unpaired) electrons. The summed E-state index contributed by atoms with van der Waals surface area (Å²) >= 11 is 0. The number of anilines is 1. The number of hydrogen-bond acceptors (Lipinski definition) is 2. The smallest absolute Gasteiger partial charge is 0.228 e. The number of hydrogen-bond donors (Lipinski definition) is 1. The van der Waals surface area contributed by atoms with Crippen LogP contribution >= 0.6 is 0 Å². The van der Waals surface area contributed by atoms with Crippen molar-refractivity contribution in [3.05, 3.63) is 30.1 Å². The predicted molar refractivity (Wildman–Crippen MR) is 69.8 cm³/mol. The Kier molecular flexibility index (Phi) is 3.66. The first-order valence-corrected chi connectivity index (χ1v) is 6.39. The van der Waals surface area contributed by atoms with Crippen LogP contribution < -0.4 is 10.6 Å². The third-order valence-electron chi connectivity index (χ3n) is 3.59. The lowest BCUT2D eigenvalue weighted by Crippen LogP contribution is -2.50. The van der Waals surface area contributed by atoms with Crippen molar-refractivity contribution in [1.29, 1.82) is 0 Å². The van der Waals surface area contributed by atoms with Gasteiger partial charge in [-0.15, -0.1) is 0 Å². The number of carbonyl (C=O) groups excluding carboxylic acids is 1. The van der Waals surface area contributed by atoms with Gasteiger partial charge >= 0.3 is 0 Å². The average molecular weight is 250 g/mol. The molecule has 0 bridgehead atoms. The zero-order chi connectivity index (χ0) is 13.2. The maximum absolute atomic E-state index is 13.2. The van der Waals surface area contributed by atoms with Gasteiger partial charge in [0.2, 0.25) is 5.91 Å². The second kappa shape index (κ2) is 5.06. The maximum atomic E-state index is 13.2. The fourth-order valence-corrected chi connectivity index (χ4v) is 2.35. The molecule has 1 aromatic carbocycles. The van der Waals surface area contributed by atoms with E-state index in [4.69, 9.17) is 5.73 Å². The van der Waals surface area contributed by atoms with Gasteiger partial charge in [-0.1, -0.05) is 6.07 Å². The van der Waals surface area contributed by atoms with Crippen LogP contribution in [0.4, 0.5) is 10.1 Å². The summed E-state index contributed by atoms with van der Waals surface area (Å²) in [5.74, 6) is -0.352. The first-order chi connectivity index (χ1) is 8.54. The van der Waals surface area contributed by atoms with Crippen molar-refractivity contribution in [2.24, 2.45) is 5.73 Å². The van der Waals surface area contributed by atoms with Gasteiger partial charge in [0.1, 0.15) is 5.82 Å². The Morgan fingerprint density at radius 2 is 2.22 bits per heavy atom. The van der Waals surface area contributed by atoms with E-state index in [0.29, 0.717) is 18.7 Å². The van der Waals surface area contributed by atoms with Crippen LogP contribution in [0.2, 0.25) is 0 Å². The molecular weight excluding hydrogens is 231 g/mol. The van der Waals surface area contributed by atoms with Crippen molar-refractivity contribution in [2.45, 2.75) is 38.1 Å². The molecule has 2 rings (SSSR count). The number of rotatable bonds is 4. The largest absolute Gasteiger partial charge is 0.325 e. The molecule has 2 N–H and O–H groups in total. The summed E-state index contributed by atoms with van der Waals surface area (Å²) in [5, 5.41) is 0. The normalized spacial score (nSPS) is 17.1. The Bertz CT molecular complexity index is 443. The molecule has 1 aromatic rings. The van der Waals surface area contributed by atoms with Gasteiger partial charge in [-0.05, 0) is 44.4 Å². The Labute approximate surface area is 107 Å². The molecule has 1 aliphatic rings. The minimum Gasteiger partial charge on any atom is -0.325 e. The topological polar surface area (TPSA) is 46.3 Å². The van der Waals surface area contributed by atoms with Crippen LogP contribution in [0.1, 0.15) is 32.6 Å². The van der Waals surface area contributed by atoms with E-state index in [1.807, 2.05) is 6.92 Å². The van der Waals surface area contributed by atoms with Crippen molar-refractivity contribution in [3.8, 4) is 0 Å². The third-order valence-corrected chi connectivity index (χ3v) is 3.59. The second-order valence-corrected chi connectivity index (χ2v) is 5.01. The zero-order valence-corrected chi connectivity index (χ0v) is 10.7. The minimum atomic E-state index is -0.335. The second-order valence-electron chi connectivity index (χ2n) is 5.01. The number of halogens is 1. The zero-order valence-electron chi connectivity index (χ0n) is 10.7. The van der Waals surface area contributed by atoms with Crippen LogP contribution in [0.15, 0.2) is 24.3 Å². The minimum absolute atomic E-state index is 0.0229. The average Bonchev–Trinajstić information content (AvgIpc) is 2.28. The van der Waals surface area contributed by atoms with Crippen LogP contribution in [0.25, 0.3) is 0 Å². The molecule has 3 nitrogen and oxygen atoms in total. The van der Waals surface area contributed by atoms with Gasteiger partial charge in [0.05, 0.1) is 0 Å². The molecule has 1 amide bonds. The summed E-state index contributed by atoms with van der Waals surface area (Å²) in [6.07, 6.45) is 3.24. The monoisotopic (exact) mass is 250 g/mol. The molecule has 0 unspecified atom stereocenters. The van der Waals surface area contributed by atoms with E-state index < -0.39 is 0 Å². The number of nitrogens with two attached hydrogens (primary N) is 1. The van der Waals surface area contributed by atoms with E-state index in [-0.39, 0.29) is 17.3 Å². The van der Waals surface area contributed by atoms with E-state index in [9.17, 15) is 9.18 Å². The molecule has 0 spiro atoms. The highest BCUT2D eigenvalue weighted by Crippen LogP contribution is 2.33. The number of nitrogens with zero attached hydrogens (tertiary/aromatic N) is 1. The quantitative estimate of drug-likeness (QED) is 0.892. The number of carbonyl (C=O) groups is 1. The SMILES string of the molecule is CCN(C(=O)CC1(N)CCC1)c1cccc(F)c1. The molecule has 4 heteroatoms. The highest BCUT2D eigenvalue weighted by molar-refractivity contribution is 5.94. The van der Waals surface area contributed by atoms with E-state index in [1.54, 1.807) is 17.0 Å². The van der Waals surface area contributed by atoms with Gasteiger partial charge in [-0.25, -0.2) is 4.39 Å². The van der Waals surface area contributed by atoms with Gasteiger partial charge in [0.25, 0.3) is 0 Å². The van der Waals surface area contributed by atoms with Crippen molar-refractivity contribution in [2.75, 3.05) is 11.4 Å². The lowest BCUT2D eigenvalue weighted by molar-refractivity contribution is -0.120. The van der Waals surface area contributed by atoms with Crippen molar-refractivity contribution >= 4 is 11.6 Å². The molecule has 18 heavy (non-hydrogen) atoms. The van der Waals surface area contributed by atoms with E-state index in [1.165, 1.54) is 12.1 Å². The predicted octanol–water partition coefficient (Wildman–Crippen LogP) is 2.45. The third kappa shape index (κ3) is 2.70. The summed E-state index contributed by atoms with van der Waals surface area (Å²) in [4.78, 5) is 13.8. The first kappa shape index (κ1) is 13.0. The molecule has 1 fully saturated rings. The van der Waals surface area contributed by atoms with E-state index >= 15 is 0 Å². The van der Waals surface area contributed by atoms with Crippen molar-refractivity contribution in [3.63, 3.8) is 0 Å². The van der Waals surface area contributed by atoms with E-state index in [0.717, 1.165) is 19.3 Å². The molecule has 98 valence electrons. The summed E-state index contributed by atoms with van der Waals surface area (Å²) in [5.41, 5.74) is 6.35. The summed E-state index contributed by atoms with van der Waals surface area (Å²) < 4.78 is 13.2. The molecule has 0 heterocycles. The molecule has 0 aromatic heterocycles. The van der Waals surface area contributed by atoms with Crippen LogP contribution in [0, 0.1) is 5.82 Å². The van der Waals surface area contributed by atoms with Crippen LogP contribution in [-0.4, -0.2) is 18.0 Å². The highest BCUT2D eigenvalue weighted by Gasteiger charge is 2.36. The van der Waals surface area contributed by atoms with Crippen LogP contribution in [0.3, 0.4) is 0 Å². The maximum Gasteiger partial charge on any atom is 0.228 e. The standard InChI is InChI=1S/C14H19FN2O/c1-2-17(12-6-3-5-11(15)9-12)13(18)10-14(16)7-4-8-14/h3,5-6,9H,2,4,7-8,10,16H2,1H3. The van der Waals surface area contributed by atoms with Gasteiger partial charge < -0.3 is 10.6 Å². The molecule has 0 atom stereocenters. The van der Waals surface area contributed by atoms with Crippen LogP contribution in [-0.2, 0) is 4.79 Å². The molecule has 1 aliphatic carbocycles. The van der Waals surface area contributed by atoms with Gasteiger partial charge in [-0.2, -0.15) is 0 Å². The van der Waals surface area contributed by atoms with Crippen LogP contribution in [0.5, 0.6) is 0 Å². The Balaban J connectivity index is 2.10. The lowest BCUT2D eigenvalue weighted by atomic mass is 9.75. The number of benzene rings is 1. The highest BCUT2D eigenvalue weighted by atomic mass is 19.1. The Hall–Kier alpha value is -1.42. The van der Waals surface area contributed by atoms with Gasteiger partial charge in [0, 0.05) is 24.2 Å².